The zero-order chi connectivity index (χ0) is 33.0. The lowest BCUT2D eigenvalue weighted by Gasteiger charge is -2.18. The first kappa shape index (κ1) is 29.7. The SMILES string of the molecule is N#C/C(=C\c1ccc(C(=C(c2ccccc2)c2ccccc2)c2ccccc2)cc1)c1ccc(-n2c3ccccc3c3ccccc32)cc1. The van der Waals surface area contributed by atoms with E-state index in [0.29, 0.717) is 5.57 Å². The Morgan fingerprint density at radius 1 is 0.408 bits per heavy atom. The molecule has 8 aromatic rings. The van der Waals surface area contributed by atoms with Gasteiger partial charge in [-0.15, -0.1) is 0 Å². The number of aromatic nitrogens is 1. The van der Waals surface area contributed by atoms with Crippen LogP contribution in [0.5, 0.6) is 0 Å². The Bertz CT molecular complexity index is 2400. The number of nitrogens with zero attached hydrogens (tertiary/aromatic N) is 2. The quantitative estimate of drug-likeness (QED) is 0.128. The lowest BCUT2D eigenvalue weighted by atomic mass is 9.85. The molecule has 0 atom stereocenters. The Kier molecular flexibility index (Phi) is 8.00. The minimum atomic E-state index is 0.620. The van der Waals surface area contributed by atoms with Crippen LogP contribution in [-0.4, -0.2) is 4.57 Å². The van der Waals surface area contributed by atoms with Gasteiger partial charge in [0.1, 0.15) is 0 Å². The number of hydrogen-bond donors (Lipinski definition) is 0. The Balaban J connectivity index is 1.17. The standard InChI is InChI=1S/C47H32N2/c48-33-40(35-28-30-41(31-29-35)49-44-22-12-10-20-42(44)43-21-11-13-23-45(43)49)32-34-24-26-39(27-25-34)47(38-18-8-3-9-19-38)46(36-14-4-1-5-15-36)37-16-6-2-7-17-37/h1-32H/b40-32+. The van der Waals surface area contributed by atoms with E-state index in [9.17, 15) is 5.26 Å². The number of hydrogen-bond acceptors (Lipinski definition) is 1. The summed E-state index contributed by atoms with van der Waals surface area (Å²) >= 11 is 0. The van der Waals surface area contributed by atoms with Crippen molar-refractivity contribution in [2.24, 2.45) is 0 Å². The molecule has 0 saturated heterocycles. The van der Waals surface area contributed by atoms with Crippen molar-refractivity contribution in [1.82, 2.24) is 4.57 Å². The van der Waals surface area contributed by atoms with Gasteiger partial charge in [0, 0.05) is 16.5 Å². The summed E-state index contributed by atoms with van der Waals surface area (Å²) in [5, 5.41) is 12.7. The van der Waals surface area contributed by atoms with Gasteiger partial charge in [0.2, 0.25) is 0 Å². The second-order valence-corrected chi connectivity index (χ2v) is 12.1. The summed E-state index contributed by atoms with van der Waals surface area (Å²) in [6.45, 7) is 0. The van der Waals surface area contributed by atoms with Gasteiger partial charge >= 0.3 is 0 Å². The second kappa shape index (κ2) is 13.2. The van der Waals surface area contributed by atoms with Gasteiger partial charge in [0.25, 0.3) is 0 Å². The number of para-hydroxylation sites is 2. The van der Waals surface area contributed by atoms with Crippen molar-refractivity contribution in [3.8, 4) is 11.8 Å². The topological polar surface area (TPSA) is 28.7 Å². The highest BCUT2D eigenvalue weighted by atomic mass is 15.0. The number of rotatable bonds is 7. The van der Waals surface area contributed by atoms with Gasteiger partial charge in [-0.2, -0.15) is 5.26 Å². The van der Waals surface area contributed by atoms with Crippen LogP contribution >= 0.6 is 0 Å². The fraction of sp³-hybridized carbons (Fsp3) is 0. The van der Waals surface area contributed by atoms with Crippen LogP contribution in [0.4, 0.5) is 0 Å². The molecule has 2 heteroatoms. The van der Waals surface area contributed by atoms with Crippen LogP contribution < -0.4 is 0 Å². The average Bonchev–Trinajstić information content (AvgIpc) is 3.52. The molecule has 8 rings (SSSR count). The highest BCUT2D eigenvalue weighted by molar-refractivity contribution is 6.09. The van der Waals surface area contributed by atoms with Crippen molar-refractivity contribution in [3.05, 3.63) is 221 Å². The predicted molar refractivity (Wildman–Crippen MR) is 205 cm³/mol. The lowest BCUT2D eigenvalue weighted by molar-refractivity contribution is 1.18. The Labute approximate surface area is 286 Å². The van der Waals surface area contributed by atoms with E-state index in [1.165, 1.54) is 27.4 Å². The molecule has 0 aliphatic rings. The number of fused-ring (bicyclic) bond motifs is 3. The third-order valence-corrected chi connectivity index (χ3v) is 9.08. The molecule has 0 unspecified atom stereocenters. The van der Waals surface area contributed by atoms with Crippen molar-refractivity contribution >= 4 is 44.6 Å². The molecule has 0 fully saturated rings. The molecule has 2 nitrogen and oxygen atoms in total. The summed E-state index contributed by atoms with van der Waals surface area (Å²) in [6.07, 6.45) is 1.97. The Morgan fingerprint density at radius 3 is 1.24 bits per heavy atom. The maximum absolute atomic E-state index is 10.3. The molecule has 0 radical (unpaired) electrons. The third kappa shape index (κ3) is 5.76. The smallest absolute Gasteiger partial charge is 0.0998 e. The molecule has 1 heterocycles. The Hall–Kier alpha value is -6.69. The molecule has 0 spiro atoms. The van der Waals surface area contributed by atoms with Gasteiger partial charge in [0.15, 0.2) is 0 Å². The van der Waals surface area contributed by atoms with E-state index in [1.807, 2.05) is 18.2 Å². The van der Waals surface area contributed by atoms with Crippen LogP contribution in [0.25, 0.3) is 50.3 Å². The largest absolute Gasteiger partial charge is 0.309 e. The minimum absolute atomic E-state index is 0.620. The summed E-state index contributed by atoms with van der Waals surface area (Å²) in [5.41, 5.74) is 12.8. The highest BCUT2D eigenvalue weighted by Gasteiger charge is 2.16. The molecule has 0 saturated carbocycles. The minimum Gasteiger partial charge on any atom is -0.309 e. The predicted octanol–water partition coefficient (Wildman–Crippen LogP) is 11.9. The van der Waals surface area contributed by atoms with Crippen molar-refractivity contribution < 1.29 is 0 Å². The Morgan fingerprint density at radius 2 is 0.796 bits per heavy atom. The molecule has 1 aromatic heterocycles. The van der Waals surface area contributed by atoms with Crippen molar-refractivity contribution in [1.29, 1.82) is 5.26 Å². The fourth-order valence-electron chi connectivity index (χ4n) is 6.81. The van der Waals surface area contributed by atoms with Gasteiger partial charge in [-0.1, -0.05) is 164 Å². The maximum Gasteiger partial charge on any atom is 0.0998 e. The molecular weight excluding hydrogens is 593 g/mol. The van der Waals surface area contributed by atoms with Crippen LogP contribution in [-0.2, 0) is 0 Å². The van der Waals surface area contributed by atoms with Gasteiger partial charge < -0.3 is 4.57 Å². The molecule has 0 aliphatic heterocycles. The van der Waals surface area contributed by atoms with Crippen molar-refractivity contribution in [2.45, 2.75) is 0 Å². The van der Waals surface area contributed by atoms with Crippen LogP contribution in [0.1, 0.15) is 33.4 Å². The lowest BCUT2D eigenvalue weighted by Crippen LogP contribution is -1.97. The number of allylic oxidation sites excluding steroid dienone is 1. The second-order valence-electron chi connectivity index (χ2n) is 12.1. The molecule has 0 N–H and O–H groups in total. The van der Waals surface area contributed by atoms with E-state index in [-0.39, 0.29) is 0 Å². The van der Waals surface area contributed by atoms with Gasteiger partial charge in [-0.25, -0.2) is 0 Å². The van der Waals surface area contributed by atoms with E-state index in [2.05, 4.69) is 187 Å². The average molecular weight is 625 g/mol. The van der Waals surface area contributed by atoms with Crippen LogP contribution in [0, 0.1) is 11.3 Å². The first-order valence-corrected chi connectivity index (χ1v) is 16.5. The molecule has 0 bridgehead atoms. The van der Waals surface area contributed by atoms with E-state index in [4.69, 9.17) is 0 Å². The van der Waals surface area contributed by atoms with Crippen LogP contribution in [0.2, 0.25) is 0 Å². The zero-order valence-corrected chi connectivity index (χ0v) is 26.9. The molecule has 49 heavy (non-hydrogen) atoms. The fourth-order valence-corrected chi connectivity index (χ4v) is 6.81. The summed E-state index contributed by atoms with van der Waals surface area (Å²) in [6, 6.07) is 68.1. The summed E-state index contributed by atoms with van der Waals surface area (Å²) in [5.74, 6) is 0. The van der Waals surface area contributed by atoms with Crippen molar-refractivity contribution in [3.63, 3.8) is 0 Å². The third-order valence-electron chi connectivity index (χ3n) is 9.08. The van der Waals surface area contributed by atoms with Gasteiger partial charge in [0.05, 0.1) is 22.7 Å². The van der Waals surface area contributed by atoms with E-state index < -0.39 is 0 Å². The molecular formula is C47H32N2. The summed E-state index contributed by atoms with van der Waals surface area (Å²) < 4.78 is 2.29. The number of benzene rings is 7. The monoisotopic (exact) mass is 624 g/mol. The van der Waals surface area contributed by atoms with E-state index >= 15 is 0 Å². The highest BCUT2D eigenvalue weighted by Crippen LogP contribution is 2.37. The van der Waals surface area contributed by atoms with Gasteiger partial charge in [-0.05, 0) is 74.9 Å². The first-order chi connectivity index (χ1) is 24.3. The molecule has 0 amide bonds. The molecule has 230 valence electrons. The normalized spacial score (nSPS) is 11.4. The van der Waals surface area contributed by atoms with Crippen LogP contribution in [0.15, 0.2) is 188 Å². The summed E-state index contributed by atoms with van der Waals surface area (Å²) in [7, 11) is 0. The van der Waals surface area contributed by atoms with Crippen LogP contribution in [0.3, 0.4) is 0 Å². The first-order valence-electron chi connectivity index (χ1n) is 16.5. The van der Waals surface area contributed by atoms with E-state index in [0.717, 1.165) is 44.6 Å². The molecule has 7 aromatic carbocycles. The zero-order valence-electron chi connectivity index (χ0n) is 26.9. The van der Waals surface area contributed by atoms with Crippen molar-refractivity contribution in [2.75, 3.05) is 0 Å². The summed E-state index contributed by atoms with van der Waals surface area (Å²) in [4.78, 5) is 0. The van der Waals surface area contributed by atoms with E-state index in [1.54, 1.807) is 0 Å². The molecule has 0 aliphatic carbocycles. The number of nitriles is 1. The van der Waals surface area contributed by atoms with Gasteiger partial charge in [-0.3, -0.25) is 0 Å². The maximum atomic E-state index is 10.3.